The molecule has 2 N–H and O–H groups in total. The zero-order chi connectivity index (χ0) is 20.1. The minimum atomic E-state index is 0.0613. The number of amides is 2. The van der Waals surface area contributed by atoms with Gasteiger partial charge in [-0.3, -0.25) is 9.59 Å². The predicted molar refractivity (Wildman–Crippen MR) is 116 cm³/mol. The summed E-state index contributed by atoms with van der Waals surface area (Å²) in [6.07, 6.45) is 11.0. The van der Waals surface area contributed by atoms with Crippen molar-refractivity contribution in [1.29, 1.82) is 0 Å². The predicted octanol–water partition coefficient (Wildman–Crippen LogP) is 4.04. The standard InChI is InChI=1S/C24H33N3O2/c28-23(25-14-13-20-17-26-22-8-4-3-7-21(20)22)18-9-11-19(12-10-18)24(29)27-15-5-1-2-6-16-27/h3-4,7-8,17-19,26H,1-2,5-6,9-16H2,(H,25,28). The van der Waals surface area contributed by atoms with E-state index >= 15 is 0 Å². The molecule has 0 atom stereocenters. The zero-order valence-electron chi connectivity index (χ0n) is 17.3. The van der Waals surface area contributed by atoms with Crippen LogP contribution < -0.4 is 5.32 Å². The number of H-pyrrole nitrogens is 1. The van der Waals surface area contributed by atoms with Gasteiger partial charge in [-0.25, -0.2) is 0 Å². The number of likely N-dealkylation sites (tertiary alicyclic amines) is 1. The molecule has 1 aliphatic carbocycles. The molecule has 5 nitrogen and oxygen atoms in total. The minimum Gasteiger partial charge on any atom is -0.361 e. The highest BCUT2D eigenvalue weighted by Gasteiger charge is 2.32. The average Bonchev–Trinajstić information content (AvgIpc) is 2.98. The summed E-state index contributed by atoms with van der Waals surface area (Å²) in [5, 5.41) is 4.35. The number of hydrogen-bond donors (Lipinski definition) is 2. The maximum atomic E-state index is 12.8. The molecule has 2 aliphatic rings. The van der Waals surface area contributed by atoms with Crippen molar-refractivity contribution in [2.75, 3.05) is 19.6 Å². The van der Waals surface area contributed by atoms with Crippen LogP contribution in [0.4, 0.5) is 0 Å². The fourth-order valence-electron chi connectivity index (χ4n) is 4.95. The summed E-state index contributed by atoms with van der Waals surface area (Å²) in [5.74, 6) is 0.685. The smallest absolute Gasteiger partial charge is 0.225 e. The number of aromatic amines is 1. The molecule has 1 saturated heterocycles. The fraction of sp³-hybridized carbons (Fsp3) is 0.583. The Hall–Kier alpha value is -2.30. The van der Waals surface area contributed by atoms with E-state index in [1.807, 2.05) is 18.3 Å². The quantitative estimate of drug-likeness (QED) is 0.803. The maximum Gasteiger partial charge on any atom is 0.225 e. The van der Waals surface area contributed by atoms with Crippen LogP contribution in [0.1, 0.15) is 56.9 Å². The van der Waals surface area contributed by atoms with Crippen LogP contribution in [0.5, 0.6) is 0 Å². The number of aromatic nitrogens is 1. The van der Waals surface area contributed by atoms with Crippen LogP contribution in [0.2, 0.25) is 0 Å². The van der Waals surface area contributed by atoms with Crippen LogP contribution in [0.25, 0.3) is 10.9 Å². The number of benzene rings is 1. The molecule has 4 rings (SSSR count). The Morgan fingerprint density at radius 1 is 0.966 bits per heavy atom. The van der Waals surface area contributed by atoms with Gasteiger partial charge in [0.2, 0.25) is 11.8 Å². The number of carbonyl (C=O) groups excluding carboxylic acids is 2. The Morgan fingerprint density at radius 2 is 1.66 bits per heavy atom. The van der Waals surface area contributed by atoms with Crippen LogP contribution in [-0.4, -0.2) is 41.3 Å². The Labute approximate surface area is 173 Å². The summed E-state index contributed by atoms with van der Waals surface area (Å²) >= 11 is 0. The van der Waals surface area contributed by atoms with Crippen LogP contribution in [0, 0.1) is 11.8 Å². The summed E-state index contributed by atoms with van der Waals surface area (Å²) in [6.45, 7) is 2.51. The highest BCUT2D eigenvalue weighted by atomic mass is 16.2. The first-order valence-electron chi connectivity index (χ1n) is 11.3. The van der Waals surface area contributed by atoms with Gasteiger partial charge in [0.05, 0.1) is 0 Å². The Kier molecular flexibility index (Phi) is 6.53. The Balaban J connectivity index is 1.21. The number of rotatable bonds is 5. The van der Waals surface area contributed by atoms with Crippen molar-refractivity contribution in [2.45, 2.75) is 57.8 Å². The van der Waals surface area contributed by atoms with Crippen LogP contribution in [-0.2, 0) is 16.0 Å². The fourth-order valence-corrected chi connectivity index (χ4v) is 4.95. The van der Waals surface area contributed by atoms with E-state index < -0.39 is 0 Å². The van der Waals surface area contributed by atoms with E-state index in [-0.39, 0.29) is 17.7 Å². The monoisotopic (exact) mass is 395 g/mol. The van der Waals surface area contributed by atoms with E-state index in [1.165, 1.54) is 23.8 Å². The molecule has 156 valence electrons. The van der Waals surface area contributed by atoms with Crippen molar-refractivity contribution < 1.29 is 9.59 Å². The second kappa shape index (κ2) is 9.47. The number of hydrogen-bond acceptors (Lipinski definition) is 2. The van der Waals surface area contributed by atoms with Crippen molar-refractivity contribution in [1.82, 2.24) is 15.2 Å². The van der Waals surface area contributed by atoms with E-state index in [9.17, 15) is 9.59 Å². The third-order valence-corrected chi connectivity index (χ3v) is 6.73. The van der Waals surface area contributed by atoms with Crippen molar-refractivity contribution in [2.24, 2.45) is 11.8 Å². The van der Waals surface area contributed by atoms with Gasteiger partial charge in [-0.15, -0.1) is 0 Å². The number of carbonyl (C=O) groups is 2. The molecule has 0 radical (unpaired) electrons. The molecule has 1 saturated carbocycles. The van der Waals surface area contributed by atoms with E-state index in [0.717, 1.165) is 63.6 Å². The highest BCUT2D eigenvalue weighted by Crippen LogP contribution is 2.31. The molecule has 1 aromatic carbocycles. The molecule has 2 heterocycles. The van der Waals surface area contributed by atoms with Crippen molar-refractivity contribution in [3.63, 3.8) is 0 Å². The number of nitrogens with one attached hydrogen (secondary N) is 2. The minimum absolute atomic E-state index is 0.0613. The van der Waals surface area contributed by atoms with Gasteiger partial charge >= 0.3 is 0 Å². The lowest BCUT2D eigenvalue weighted by Crippen LogP contribution is -2.40. The molecule has 0 spiro atoms. The number of nitrogens with zero attached hydrogens (tertiary/aromatic N) is 1. The Morgan fingerprint density at radius 3 is 2.41 bits per heavy atom. The van der Waals surface area contributed by atoms with E-state index in [0.29, 0.717) is 12.5 Å². The second-order valence-corrected chi connectivity index (χ2v) is 8.69. The maximum absolute atomic E-state index is 12.8. The highest BCUT2D eigenvalue weighted by molar-refractivity contribution is 5.83. The lowest BCUT2D eigenvalue weighted by atomic mass is 9.81. The molecule has 0 bridgehead atoms. The zero-order valence-corrected chi connectivity index (χ0v) is 17.3. The molecule has 2 aromatic rings. The summed E-state index contributed by atoms with van der Waals surface area (Å²) in [6, 6.07) is 8.26. The third kappa shape index (κ3) is 4.82. The molecular weight excluding hydrogens is 362 g/mol. The molecule has 0 unspecified atom stereocenters. The molecule has 2 amide bonds. The Bertz CT molecular complexity index is 828. The van der Waals surface area contributed by atoms with Gasteiger partial charge in [0.25, 0.3) is 0 Å². The lowest BCUT2D eigenvalue weighted by molar-refractivity contribution is -0.138. The molecule has 2 fully saturated rings. The largest absolute Gasteiger partial charge is 0.361 e. The summed E-state index contributed by atoms with van der Waals surface area (Å²) in [4.78, 5) is 30.8. The van der Waals surface area contributed by atoms with Gasteiger partial charge in [0, 0.05) is 48.6 Å². The van der Waals surface area contributed by atoms with Gasteiger partial charge in [0.1, 0.15) is 0 Å². The van der Waals surface area contributed by atoms with Gasteiger partial charge < -0.3 is 15.2 Å². The normalized spacial score (nSPS) is 23.0. The van der Waals surface area contributed by atoms with Gasteiger partial charge in [-0.1, -0.05) is 31.0 Å². The molecular formula is C24H33N3O2. The van der Waals surface area contributed by atoms with Gasteiger partial charge in [0.15, 0.2) is 0 Å². The van der Waals surface area contributed by atoms with Crippen molar-refractivity contribution in [3.05, 3.63) is 36.0 Å². The van der Waals surface area contributed by atoms with Crippen molar-refractivity contribution >= 4 is 22.7 Å². The van der Waals surface area contributed by atoms with Gasteiger partial charge in [-0.05, 0) is 56.6 Å². The van der Waals surface area contributed by atoms with Crippen LogP contribution in [0.15, 0.2) is 30.5 Å². The SMILES string of the molecule is O=C(NCCc1c[nH]c2ccccc12)C1CCC(C(=O)N2CCCCCC2)CC1. The summed E-state index contributed by atoms with van der Waals surface area (Å²) in [5.41, 5.74) is 2.38. The number of para-hydroxylation sites is 1. The first-order valence-corrected chi connectivity index (χ1v) is 11.3. The van der Waals surface area contributed by atoms with E-state index in [1.54, 1.807) is 0 Å². The van der Waals surface area contributed by atoms with E-state index in [2.05, 4.69) is 27.3 Å². The molecule has 1 aliphatic heterocycles. The van der Waals surface area contributed by atoms with Crippen LogP contribution in [0.3, 0.4) is 0 Å². The molecule has 29 heavy (non-hydrogen) atoms. The molecule has 1 aromatic heterocycles. The topological polar surface area (TPSA) is 65.2 Å². The first kappa shape index (κ1) is 20.0. The molecule has 5 heteroatoms. The van der Waals surface area contributed by atoms with E-state index in [4.69, 9.17) is 0 Å². The summed E-state index contributed by atoms with van der Waals surface area (Å²) in [7, 11) is 0. The summed E-state index contributed by atoms with van der Waals surface area (Å²) < 4.78 is 0. The third-order valence-electron chi connectivity index (χ3n) is 6.73. The average molecular weight is 396 g/mol. The first-order chi connectivity index (χ1) is 14.2. The van der Waals surface area contributed by atoms with Gasteiger partial charge in [-0.2, -0.15) is 0 Å². The second-order valence-electron chi connectivity index (χ2n) is 8.69. The van der Waals surface area contributed by atoms with Crippen LogP contribution >= 0.6 is 0 Å². The van der Waals surface area contributed by atoms with Crippen molar-refractivity contribution in [3.8, 4) is 0 Å². The lowest BCUT2D eigenvalue weighted by Gasteiger charge is -2.31. The number of fused-ring (bicyclic) bond motifs is 1.